The molecule has 2 aliphatic rings. The van der Waals surface area contributed by atoms with Gasteiger partial charge >= 0.3 is 0 Å². The van der Waals surface area contributed by atoms with Crippen LogP contribution in [0.15, 0.2) is 42.5 Å². The van der Waals surface area contributed by atoms with Crippen LogP contribution in [0.1, 0.15) is 23.5 Å². The van der Waals surface area contributed by atoms with Gasteiger partial charge in [0, 0.05) is 31.0 Å². The number of carbonyl (C=O) groups excluding carboxylic acids is 1. The second kappa shape index (κ2) is 5.25. The lowest BCUT2D eigenvalue weighted by molar-refractivity contribution is -0.118. The molecule has 20 heavy (non-hydrogen) atoms. The Labute approximate surface area is 119 Å². The van der Waals surface area contributed by atoms with E-state index in [-0.39, 0.29) is 24.3 Å². The maximum atomic E-state index is 11.7. The number of rotatable bonds is 2. The highest BCUT2D eigenvalue weighted by Crippen LogP contribution is 2.34. The Balaban J connectivity index is 1.95. The van der Waals surface area contributed by atoms with Crippen LogP contribution in [0.25, 0.3) is 0 Å². The summed E-state index contributed by atoms with van der Waals surface area (Å²) in [5.74, 6) is 0.540. The molecule has 1 aromatic carbocycles. The second-order valence-electron chi connectivity index (χ2n) is 5.48. The zero-order valence-corrected chi connectivity index (χ0v) is 11.6. The fourth-order valence-electron chi connectivity index (χ4n) is 3.07. The van der Waals surface area contributed by atoms with Crippen molar-refractivity contribution in [2.45, 2.75) is 18.8 Å². The van der Waals surface area contributed by atoms with E-state index < -0.39 is 0 Å². The summed E-state index contributed by atoms with van der Waals surface area (Å²) >= 11 is 0. The first-order chi connectivity index (χ1) is 9.70. The summed E-state index contributed by atoms with van der Waals surface area (Å²) in [5, 5.41) is 9.50. The minimum Gasteiger partial charge on any atom is -0.396 e. The summed E-state index contributed by atoms with van der Waals surface area (Å²) < 4.78 is 0. The SMILES string of the molecule is CN1C(=O)CCc2cc(C3C=CC=CC3CO)ccc21. The zero-order valence-electron chi connectivity index (χ0n) is 11.6. The molecular weight excluding hydrogens is 250 g/mol. The zero-order chi connectivity index (χ0) is 14.1. The van der Waals surface area contributed by atoms with Crippen LogP contribution in [0, 0.1) is 5.92 Å². The van der Waals surface area contributed by atoms with E-state index in [1.165, 1.54) is 11.1 Å². The van der Waals surface area contributed by atoms with Crippen molar-refractivity contribution in [3.8, 4) is 0 Å². The van der Waals surface area contributed by atoms with E-state index in [0.29, 0.717) is 6.42 Å². The second-order valence-corrected chi connectivity index (χ2v) is 5.48. The number of fused-ring (bicyclic) bond motifs is 1. The monoisotopic (exact) mass is 269 g/mol. The molecular formula is C17H19NO2. The maximum Gasteiger partial charge on any atom is 0.227 e. The Morgan fingerprint density at radius 3 is 2.85 bits per heavy atom. The first-order valence-corrected chi connectivity index (χ1v) is 7.06. The van der Waals surface area contributed by atoms with Gasteiger partial charge in [0.2, 0.25) is 5.91 Å². The third-order valence-electron chi connectivity index (χ3n) is 4.29. The van der Waals surface area contributed by atoms with Crippen molar-refractivity contribution in [1.29, 1.82) is 0 Å². The Hall–Kier alpha value is -1.87. The largest absolute Gasteiger partial charge is 0.396 e. The van der Waals surface area contributed by atoms with E-state index in [4.69, 9.17) is 0 Å². The molecule has 0 radical (unpaired) electrons. The number of allylic oxidation sites excluding steroid dienone is 3. The van der Waals surface area contributed by atoms with E-state index in [1.54, 1.807) is 4.90 Å². The van der Waals surface area contributed by atoms with Gasteiger partial charge in [-0.15, -0.1) is 0 Å². The lowest BCUT2D eigenvalue weighted by atomic mass is 9.82. The summed E-state index contributed by atoms with van der Waals surface area (Å²) in [6, 6.07) is 6.29. The number of amides is 1. The van der Waals surface area contributed by atoms with Crippen molar-refractivity contribution in [1.82, 2.24) is 0 Å². The van der Waals surface area contributed by atoms with Crippen molar-refractivity contribution < 1.29 is 9.90 Å². The number of nitrogens with zero attached hydrogens (tertiary/aromatic N) is 1. The smallest absolute Gasteiger partial charge is 0.227 e. The molecule has 0 saturated carbocycles. The standard InChI is InChI=1S/C17H19NO2/c1-18-16-8-6-12(10-13(16)7-9-17(18)20)15-5-3-2-4-14(15)11-19/h2-6,8,10,14-15,19H,7,9,11H2,1H3. The molecule has 1 amide bonds. The Kier molecular flexibility index (Phi) is 3.45. The van der Waals surface area contributed by atoms with Gasteiger partial charge < -0.3 is 10.0 Å². The van der Waals surface area contributed by atoms with Crippen LogP contribution < -0.4 is 4.90 Å². The number of carbonyl (C=O) groups is 1. The van der Waals surface area contributed by atoms with Crippen LogP contribution in [-0.4, -0.2) is 24.7 Å². The van der Waals surface area contributed by atoms with Gasteiger partial charge in [-0.1, -0.05) is 36.4 Å². The van der Waals surface area contributed by atoms with Crippen LogP contribution in [-0.2, 0) is 11.2 Å². The van der Waals surface area contributed by atoms with Crippen molar-refractivity contribution in [2.24, 2.45) is 5.92 Å². The molecule has 3 heteroatoms. The number of hydrogen-bond acceptors (Lipinski definition) is 2. The molecule has 2 unspecified atom stereocenters. The molecule has 1 N–H and O–H groups in total. The third-order valence-corrected chi connectivity index (χ3v) is 4.29. The highest BCUT2D eigenvalue weighted by Gasteiger charge is 2.24. The molecule has 0 fully saturated rings. The molecule has 3 rings (SSSR count). The van der Waals surface area contributed by atoms with Gasteiger partial charge in [-0.25, -0.2) is 0 Å². The van der Waals surface area contributed by atoms with Gasteiger partial charge in [-0.2, -0.15) is 0 Å². The number of benzene rings is 1. The molecule has 1 heterocycles. The maximum absolute atomic E-state index is 11.7. The molecule has 0 aromatic heterocycles. The topological polar surface area (TPSA) is 40.5 Å². The summed E-state index contributed by atoms with van der Waals surface area (Å²) in [4.78, 5) is 13.5. The third kappa shape index (κ3) is 2.18. The fourth-order valence-corrected chi connectivity index (χ4v) is 3.07. The first kappa shape index (κ1) is 13.1. The van der Waals surface area contributed by atoms with Crippen molar-refractivity contribution in [2.75, 3.05) is 18.6 Å². The van der Waals surface area contributed by atoms with Crippen LogP contribution >= 0.6 is 0 Å². The summed E-state index contributed by atoms with van der Waals surface area (Å²) in [5.41, 5.74) is 3.45. The fraction of sp³-hybridized carbons (Fsp3) is 0.353. The number of hydrogen-bond donors (Lipinski definition) is 1. The van der Waals surface area contributed by atoms with E-state index in [0.717, 1.165) is 12.1 Å². The number of aryl methyl sites for hydroxylation is 1. The molecule has 0 bridgehead atoms. The van der Waals surface area contributed by atoms with Crippen LogP contribution in [0.2, 0.25) is 0 Å². The number of aliphatic hydroxyl groups is 1. The lowest BCUT2D eigenvalue weighted by Gasteiger charge is -2.28. The predicted molar refractivity (Wildman–Crippen MR) is 79.8 cm³/mol. The lowest BCUT2D eigenvalue weighted by Crippen LogP contribution is -2.31. The molecule has 104 valence electrons. The van der Waals surface area contributed by atoms with Gasteiger partial charge in [-0.05, 0) is 23.6 Å². The molecule has 1 aromatic rings. The molecule has 0 spiro atoms. The minimum absolute atomic E-state index is 0.140. The van der Waals surface area contributed by atoms with E-state index >= 15 is 0 Å². The average Bonchev–Trinajstić information content (AvgIpc) is 2.50. The molecule has 1 aliphatic heterocycles. The summed E-state index contributed by atoms with van der Waals surface area (Å²) in [7, 11) is 1.83. The molecule has 2 atom stereocenters. The summed E-state index contributed by atoms with van der Waals surface area (Å²) in [6.45, 7) is 0.154. The van der Waals surface area contributed by atoms with E-state index in [9.17, 15) is 9.90 Å². The van der Waals surface area contributed by atoms with Gasteiger partial charge in [-0.3, -0.25) is 4.79 Å². The van der Waals surface area contributed by atoms with Gasteiger partial charge in [0.15, 0.2) is 0 Å². The Morgan fingerprint density at radius 1 is 1.25 bits per heavy atom. The van der Waals surface area contributed by atoms with Crippen LogP contribution in [0.4, 0.5) is 5.69 Å². The van der Waals surface area contributed by atoms with Crippen LogP contribution in [0.3, 0.4) is 0 Å². The Morgan fingerprint density at radius 2 is 2.05 bits per heavy atom. The van der Waals surface area contributed by atoms with Gasteiger partial charge in [0.05, 0.1) is 6.61 Å². The van der Waals surface area contributed by atoms with Gasteiger partial charge in [0.1, 0.15) is 0 Å². The van der Waals surface area contributed by atoms with Gasteiger partial charge in [0.25, 0.3) is 0 Å². The Bertz CT molecular complexity index is 589. The molecule has 3 nitrogen and oxygen atoms in total. The highest BCUT2D eigenvalue weighted by atomic mass is 16.3. The van der Waals surface area contributed by atoms with Crippen molar-refractivity contribution in [3.63, 3.8) is 0 Å². The van der Waals surface area contributed by atoms with Crippen LogP contribution in [0.5, 0.6) is 0 Å². The molecule has 0 saturated heterocycles. The average molecular weight is 269 g/mol. The summed E-state index contributed by atoms with van der Waals surface area (Å²) in [6.07, 6.45) is 9.60. The minimum atomic E-state index is 0.140. The predicted octanol–water partition coefficient (Wildman–Crippen LogP) is 2.41. The highest BCUT2D eigenvalue weighted by molar-refractivity contribution is 5.95. The number of anilines is 1. The molecule has 1 aliphatic carbocycles. The first-order valence-electron chi connectivity index (χ1n) is 7.06. The van der Waals surface area contributed by atoms with Crippen molar-refractivity contribution >= 4 is 11.6 Å². The number of aliphatic hydroxyl groups excluding tert-OH is 1. The normalized spacial score (nSPS) is 24.9. The van der Waals surface area contributed by atoms with Crippen molar-refractivity contribution in [3.05, 3.63) is 53.6 Å². The van der Waals surface area contributed by atoms with E-state index in [1.807, 2.05) is 25.3 Å². The van der Waals surface area contributed by atoms with E-state index in [2.05, 4.69) is 24.3 Å². The quantitative estimate of drug-likeness (QED) is 0.895.